The molecule has 0 saturated carbocycles. The van der Waals surface area contributed by atoms with Crippen LogP contribution in [-0.2, 0) is 0 Å². The van der Waals surface area contributed by atoms with Gasteiger partial charge in [-0.05, 0) is 76.5 Å². The number of rotatable bonds is 6. The molecule has 1 N–H and O–H groups in total. The topological polar surface area (TPSA) is 45.8 Å². The van der Waals surface area contributed by atoms with E-state index >= 15 is 0 Å². The minimum Gasteiger partial charge on any atom is -0.537 e. The molecule has 1 heterocycles. The monoisotopic (exact) mass is 504 g/mol. The zero-order chi connectivity index (χ0) is 26.2. The van der Waals surface area contributed by atoms with Gasteiger partial charge >= 0.3 is 7.69 Å². The van der Waals surface area contributed by atoms with Crippen LogP contribution in [0.3, 0.4) is 0 Å². The fourth-order valence-corrected chi connectivity index (χ4v) is 5.37. The summed E-state index contributed by atoms with van der Waals surface area (Å²) >= 11 is 0. The first-order valence-electron chi connectivity index (χ1n) is 12.8. The van der Waals surface area contributed by atoms with Crippen LogP contribution in [0.5, 0.6) is 5.75 Å². The fraction of sp³-hybridized carbons (Fsp3) is 0. The molecule has 185 valence electrons. The largest absolute Gasteiger partial charge is 0.569 e. The summed E-state index contributed by atoms with van der Waals surface area (Å²) in [5.41, 5.74) is 7.03. The Morgan fingerprint density at radius 3 is 2.03 bits per heavy atom. The Morgan fingerprint density at radius 1 is 0.590 bits per heavy atom. The maximum Gasteiger partial charge on any atom is 0.569 e. The molecule has 7 rings (SSSR count). The third-order valence-corrected chi connectivity index (χ3v) is 7.13. The second kappa shape index (κ2) is 9.71. The summed E-state index contributed by atoms with van der Waals surface area (Å²) in [7, 11) is 0.692. The molecule has 0 aliphatic rings. The van der Waals surface area contributed by atoms with Crippen LogP contribution in [0.1, 0.15) is 0 Å². The van der Waals surface area contributed by atoms with Crippen molar-refractivity contribution in [2.75, 3.05) is 4.90 Å². The van der Waals surface area contributed by atoms with Crippen LogP contribution in [0.4, 0.5) is 17.1 Å². The van der Waals surface area contributed by atoms with E-state index in [1.54, 1.807) is 0 Å². The number of benzene rings is 6. The lowest BCUT2D eigenvalue weighted by molar-refractivity contribution is 0.454. The van der Waals surface area contributed by atoms with Crippen LogP contribution >= 0.6 is 0 Å². The van der Waals surface area contributed by atoms with Gasteiger partial charge in [-0.25, -0.2) is 0 Å². The highest BCUT2D eigenvalue weighted by atomic mass is 16.5. The van der Waals surface area contributed by atoms with E-state index in [-0.39, 0.29) is 0 Å². The summed E-state index contributed by atoms with van der Waals surface area (Å²) in [6, 6.07) is 45.5. The van der Waals surface area contributed by atoms with E-state index in [1.165, 1.54) is 16.3 Å². The van der Waals surface area contributed by atoms with Crippen molar-refractivity contribution in [2.45, 2.75) is 0 Å². The van der Waals surface area contributed by atoms with Gasteiger partial charge in [0.15, 0.2) is 0 Å². The predicted octanol–water partition coefficient (Wildman–Crippen LogP) is 8.78. The summed E-state index contributed by atoms with van der Waals surface area (Å²) in [6.45, 7) is 0. The molecule has 0 bridgehead atoms. The van der Waals surface area contributed by atoms with Crippen LogP contribution in [-0.4, -0.2) is 12.7 Å². The minimum absolute atomic E-state index is 0.555. The first kappa shape index (κ1) is 23.1. The Hall–Kier alpha value is -5.00. The Morgan fingerprint density at radius 2 is 1.23 bits per heavy atom. The van der Waals surface area contributed by atoms with E-state index in [0.717, 1.165) is 44.6 Å². The lowest BCUT2D eigenvalue weighted by atomic mass is 9.98. The summed E-state index contributed by atoms with van der Waals surface area (Å²) in [4.78, 5) is 2.23. The molecule has 39 heavy (non-hydrogen) atoms. The van der Waals surface area contributed by atoms with E-state index in [0.29, 0.717) is 13.4 Å². The molecular weight excluding hydrogens is 481 g/mol. The van der Waals surface area contributed by atoms with Gasteiger partial charge in [0.1, 0.15) is 16.9 Å². The summed E-state index contributed by atoms with van der Waals surface area (Å²) in [6.07, 6.45) is 0. The van der Waals surface area contributed by atoms with Crippen LogP contribution in [0, 0.1) is 0 Å². The van der Waals surface area contributed by atoms with Gasteiger partial charge in [-0.15, -0.1) is 0 Å². The van der Waals surface area contributed by atoms with Crippen LogP contribution in [0.15, 0.2) is 138 Å². The van der Waals surface area contributed by atoms with Crippen LogP contribution in [0.25, 0.3) is 43.8 Å². The third-order valence-electron chi connectivity index (χ3n) is 7.13. The molecule has 0 unspecified atom stereocenters. The van der Waals surface area contributed by atoms with E-state index in [9.17, 15) is 0 Å². The van der Waals surface area contributed by atoms with Gasteiger partial charge in [0.2, 0.25) is 0 Å². The van der Waals surface area contributed by atoms with Gasteiger partial charge in [0.25, 0.3) is 0 Å². The molecule has 1 aromatic heterocycles. The highest BCUT2D eigenvalue weighted by Gasteiger charge is 2.19. The van der Waals surface area contributed by atoms with E-state index < -0.39 is 0 Å². The van der Waals surface area contributed by atoms with Crippen molar-refractivity contribution in [1.29, 1.82) is 0 Å². The van der Waals surface area contributed by atoms with Gasteiger partial charge in [0.05, 0.1) is 11.1 Å². The van der Waals surface area contributed by atoms with Crippen molar-refractivity contribution in [3.63, 3.8) is 0 Å². The second-order valence-electron chi connectivity index (χ2n) is 9.37. The molecule has 5 heteroatoms. The second-order valence-corrected chi connectivity index (χ2v) is 9.37. The lowest BCUT2D eigenvalue weighted by Crippen LogP contribution is -2.10. The van der Waals surface area contributed by atoms with E-state index in [1.807, 2.05) is 54.6 Å². The van der Waals surface area contributed by atoms with E-state index in [4.69, 9.17) is 14.1 Å². The van der Waals surface area contributed by atoms with Crippen molar-refractivity contribution in [3.8, 4) is 16.9 Å². The number of hydrogen-bond donors (Lipinski definition) is 1. The molecule has 0 saturated heterocycles. The summed E-state index contributed by atoms with van der Waals surface area (Å²) in [5, 5.41) is 13.6. The maximum absolute atomic E-state index is 9.07. The average Bonchev–Trinajstić information content (AvgIpc) is 3.38. The number of anilines is 3. The summed E-state index contributed by atoms with van der Waals surface area (Å²) in [5.74, 6) is 0.555. The van der Waals surface area contributed by atoms with Gasteiger partial charge < -0.3 is 19.0 Å². The molecule has 0 aliphatic heterocycles. The lowest BCUT2D eigenvalue weighted by Gasteiger charge is -2.26. The Balaban J connectivity index is 1.40. The van der Waals surface area contributed by atoms with Crippen molar-refractivity contribution in [1.82, 2.24) is 0 Å². The molecule has 4 nitrogen and oxygen atoms in total. The molecule has 0 amide bonds. The first-order chi connectivity index (χ1) is 19.3. The molecule has 1 radical (unpaired) electrons. The smallest absolute Gasteiger partial charge is 0.537 e. The summed E-state index contributed by atoms with van der Waals surface area (Å²) < 4.78 is 11.4. The van der Waals surface area contributed by atoms with E-state index in [2.05, 4.69) is 83.8 Å². The molecule has 6 aromatic carbocycles. The molecular formula is C34H23BNO3. The van der Waals surface area contributed by atoms with Crippen molar-refractivity contribution < 1.29 is 14.1 Å². The number of fused-ring (bicyclic) bond motifs is 4. The van der Waals surface area contributed by atoms with Crippen LogP contribution in [0.2, 0.25) is 0 Å². The Bertz CT molecular complexity index is 1920. The third kappa shape index (κ3) is 4.10. The normalized spacial score (nSPS) is 11.2. The van der Waals surface area contributed by atoms with Crippen molar-refractivity contribution in [2.24, 2.45) is 0 Å². The first-order valence-corrected chi connectivity index (χ1v) is 12.8. The number of furan rings is 1. The Labute approximate surface area is 226 Å². The molecule has 7 aromatic rings. The van der Waals surface area contributed by atoms with Crippen molar-refractivity contribution in [3.05, 3.63) is 133 Å². The zero-order valence-electron chi connectivity index (χ0n) is 21.0. The van der Waals surface area contributed by atoms with Gasteiger partial charge in [-0.2, -0.15) is 0 Å². The quantitative estimate of drug-likeness (QED) is 0.230. The Kier molecular flexibility index (Phi) is 5.76. The zero-order valence-corrected chi connectivity index (χ0v) is 21.0. The van der Waals surface area contributed by atoms with Gasteiger partial charge in [0, 0.05) is 16.8 Å². The average molecular weight is 504 g/mol. The van der Waals surface area contributed by atoms with Crippen molar-refractivity contribution >= 4 is 57.5 Å². The number of nitrogens with zero attached hydrogens (tertiary/aromatic N) is 1. The minimum atomic E-state index is 0.555. The predicted molar refractivity (Wildman–Crippen MR) is 160 cm³/mol. The van der Waals surface area contributed by atoms with Gasteiger partial charge in [-0.3, -0.25) is 0 Å². The van der Waals surface area contributed by atoms with Gasteiger partial charge in [-0.1, -0.05) is 78.9 Å². The molecule has 0 spiro atoms. The molecule has 0 aliphatic carbocycles. The van der Waals surface area contributed by atoms with Crippen LogP contribution < -0.4 is 9.55 Å². The SMILES string of the molecule is O[B]Oc1ccc(N(c2ccc(-c3cccc4ccccc34)cc2)c2cccc3oc4ccccc4c23)cc1. The molecule has 0 fully saturated rings. The highest BCUT2D eigenvalue weighted by Crippen LogP contribution is 2.43. The maximum atomic E-state index is 9.07. The number of para-hydroxylation sites is 1. The number of hydrogen-bond acceptors (Lipinski definition) is 4. The standard InChI is InChI=1S/C34H23BNO3/c37-35-39-27-21-19-26(20-22-27)36(31-12-6-14-33-34(31)30-10-3-4-13-32(30)38-33)25-17-15-24(16-18-25)29-11-5-8-23-7-1-2-9-28(23)29/h1-22,37H. The highest BCUT2D eigenvalue weighted by molar-refractivity contribution is 6.17. The fourth-order valence-electron chi connectivity index (χ4n) is 5.37. The molecule has 0 atom stereocenters.